The molecule has 1 aliphatic rings. The summed E-state index contributed by atoms with van der Waals surface area (Å²) in [5.41, 5.74) is 1.49. The second-order valence-corrected chi connectivity index (χ2v) is 7.22. The van der Waals surface area contributed by atoms with Gasteiger partial charge in [-0.1, -0.05) is 23.7 Å². The Morgan fingerprint density at radius 2 is 1.96 bits per heavy atom. The van der Waals surface area contributed by atoms with E-state index in [1.807, 2.05) is 25.4 Å². The van der Waals surface area contributed by atoms with Crippen molar-refractivity contribution in [3.63, 3.8) is 0 Å². The fraction of sp³-hybridized carbons (Fsp3) is 0.368. The van der Waals surface area contributed by atoms with E-state index >= 15 is 0 Å². The third kappa shape index (κ3) is 3.93. The summed E-state index contributed by atoms with van der Waals surface area (Å²) >= 11 is 6.09. The van der Waals surface area contributed by atoms with Crippen molar-refractivity contribution in [1.29, 1.82) is 0 Å². The molecule has 8 nitrogen and oxygen atoms in total. The zero-order chi connectivity index (χ0) is 19.5. The first-order valence-corrected chi connectivity index (χ1v) is 9.64. The first-order chi connectivity index (χ1) is 13.6. The normalized spacial score (nSPS) is 15.1. The van der Waals surface area contributed by atoms with E-state index in [1.165, 1.54) is 0 Å². The van der Waals surface area contributed by atoms with Crippen molar-refractivity contribution >= 4 is 40.0 Å². The zero-order valence-electron chi connectivity index (χ0n) is 15.7. The maximum Gasteiger partial charge on any atom is 0.225 e. The van der Waals surface area contributed by atoms with Crippen LogP contribution >= 0.6 is 11.6 Å². The van der Waals surface area contributed by atoms with E-state index in [2.05, 4.69) is 30.2 Å². The molecule has 4 rings (SSSR count). The average Bonchev–Trinajstić information content (AvgIpc) is 3.10. The highest BCUT2D eigenvalue weighted by Crippen LogP contribution is 2.23. The molecule has 9 heteroatoms. The monoisotopic (exact) mass is 399 g/mol. The SMILES string of the molecule is Cn1ncc2c(N3CCN(CCC(=O)Nc4ccccc4Cl)CC3)ncnc21. The summed E-state index contributed by atoms with van der Waals surface area (Å²) in [4.78, 5) is 25.5. The number of amides is 1. The van der Waals surface area contributed by atoms with E-state index < -0.39 is 0 Å². The third-order valence-electron chi connectivity index (χ3n) is 4.98. The lowest BCUT2D eigenvalue weighted by Gasteiger charge is -2.35. The Hall–Kier alpha value is -2.71. The van der Waals surface area contributed by atoms with Gasteiger partial charge >= 0.3 is 0 Å². The number of aryl methyl sites for hydroxylation is 1. The summed E-state index contributed by atoms with van der Waals surface area (Å²) in [6, 6.07) is 7.27. The van der Waals surface area contributed by atoms with Crippen LogP contribution < -0.4 is 10.2 Å². The molecule has 0 radical (unpaired) electrons. The van der Waals surface area contributed by atoms with Crippen molar-refractivity contribution in [2.45, 2.75) is 6.42 Å². The molecule has 0 spiro atoms. The molecule has 1 amide bonds. The fourth-order valence-corrected chi connectivity index (χ4v) is 3.60. The summed E-state index contributed by atoms with van der Waals surface area (Å²) in [6.45, 7) is 4.19. The number of carbonyl (C=O) groups is 1. The number of halogens is 1. The highest BCUT2D eigenvalue weighted by molar-refractivity contribution is 6.33. The molecule has 0 unspecified atom stereocenters. The van der Waals surface area contributed by atoms with Gasteiger partial charge in [0, 0.05) is 46.2 Å². The molecule has 1 N–H and O–H groups in total. The molecule has 0 bridgehead atoms. The van der Waals surface area contributed by atoms with E-state index in [4.69, 9.17) is 11.6 Å². The quantitative estimate of drug-likeness (QED) is 0.708. The van der Waals surface area contributed by atoms with Crippen LogP contribution in [-0.2, 0) is 11.8 Å². The highest BCUT2D eigenvalue weighted by atomic mass is 35.5. The number of nitrogens with zero attached hydrogens (tertiary/aromatic N) is 6. The smallest absolute Gasteiger partial charge is 0.225 e. The first kappa shape index (κ1) is 18.6. The number of fused-ring (bicyclic) bond motifs is 1. The second kappa shape index (κ2) is 8.12. The first-order valence-electron chi connectivity index (χ1n) is 9.26. The Morgan fingerprint density at radius 1 is 1.18 bits per heavy atom. The molecule has 146 valence electrons. The van der Waals surface area contributed by atoms with Crippen LogP contribution in [0.25, 0.3) is 11.0 Å². The summed E-state index contributed by atoms with van der Waals surface area (Å²) in [5.74, 6) is 0.901. The van der Waals surface area contributed by atoms with Gasteiger partial charge in [0.1, 0.15) is 12.1 Å². The molecule has 2 aromatic heterocycles. The molecule has 1 aliphatic heterocycles. The number of para-hydroxylation sites is 1. The van der Waals surface area contributed by atoms with Gasteiger partial charge in [0.15, 0.2) is 5.65 Å². The van der Waals surface area contributed by atoms with Crippen molar-refractivity contribution in [2.75, 3.05) is 42.9 Å². The minimum absolute atomic E-state index is 0.0246. The van der Waals surface area contributed by atoms with Crippen LogP contribution in [0.1, 0.15) is 6.42 Å². The molecule has 0 saturated carbocycles. The van der Waals surface area contributed by atoms with Crippen molar-refractivity contribution in [3.8, 4) is 0 Å². The lowest BCUT2D eigenvalue weighted by molar-refractivity contribution is -0.116. The Bertz CT molecular complexity index is 981. The Kier molecular flexibility index (Phi) is 5.40. The number of aromatic nitrogens is 4. The van der Waals surface area contributed by atoms with Gasteiger partial charge < -0.3 is 10.2 Å². The fourth-order valence-electron chi connectivity index (χ4n) is 3.42. The maximum atomic E-state index is 12.2. The second-order valence-electron chi connectivity index (χ2n) is 6.81. The van der Waals surface area contributed by atoms with Crippen LogP contribution in [0.15, 0.2) is 36.8 Å². The number of carbonyl (C=O) groups excluding carboxylic acids is 1. The minimum atomic E-state index is -0.0246. The zero-order valence-corrected chi connectivity index (χ0v) is 16.4. The van der Waals surface area contributed by atoms with E-state index in [9.17, 15) is 4.79 Å². The minimum Gasteiger partial charge on any atom is -0.353 e. The topological polar surface area (TPSA) is 79.2 Å². The van der Waals surface area contributed by atoms with E-state index in [0.717, 1.165) is 49.6 Å². The van der Waals surface area contributed by atoms with Crippen LogP contribution in [0.2, 0.25) is 5.02 Å². The molecule has 3 heterocycles. The molecule has 1 fully saturated rings. The van der Waals surface area contributed by atoms with Crippen molar-refractivity contribution < 1.29 is 4.79 Å². The standard InChI is InChI=1S/C19H22ClN7O/c1-25-18-14(12-23-25)19(22-13-21-18)27-10-8-26(9-11-27)7-6-17(28)24-16-5-3-2-4-15(16)20/h2-5,12-13H,6-11H2,1H3,(H,24,28). The van der Waals surface area contributed by atoms with E-state index in [-0.39, 0.29) is 5.91 Å². The number of benzene rings is 1. The highest BCUT2D eigenvalue weighted by Gasteiger charge is 2.21. The number of piperazine rings is 1. The molecule has 28 heavy (non-hydrogen) atoms. The molecular weight excluding hydrogens is 378 g/mol. The van der Waals surface area contributed by atoms with Crippen LogP contribution in [0, 0.1) is 0 Å². The van der Waals surface area contributed by atoms with Crippen LogP contribution in [0.3, 0.4) is 0 Å². The van der Waals surface area contributed by atoms with Gasteiger partial charge in [0.05, 0.1) is 22.3 Å². The maximum absolute atomic E-state index is 12.2. The number of anilines is 2. The predicted molar refractivity (Wildman–Crippen MR) is 110 cm³/mol. The lowest BCUT2D eigenvalue weighted by Crippen LogP contribution is -2.47. The summed E-state index contributed by atoms with van der Waals surface area (Å²) in [5, 5.41) is 8.67. The number of nitrogens with one attached hydrogen (secondary N) is 1. The molecule has 0 atom stereocenters. The van der Waals surface area contributed by atoms with Crippen LogP contribution in [0.4, 0.5) is 11.5 Å². The Balaban J connectivity index is 1.30. The van der Waals surface area contributed by atoms with Crippen molar-refractivity contribution in [3.05, 3.63) is 41.8 Å². The van der Waals surface area contributed by atoms with Crippen LogP contribution in [0.5, 0.6) is 0 Å². The molecule has 0 aliphatic carbocycles. The molecule has 1 aromatic carbocycles. The average molecular weight is 400 g/mol. The summed E-state index contributed by atoms with van der Waals surface area (Å²) < 4.78 is 1.76. The summed E-state index contributed by atoms with van der Waals surface area (Å²) in [7, 11) is 1.88. The number of rotatable bonds is 5. The van der Waals surface area contributed by atoms with Gasteiger partial charge in [-0.25, -0.2) is 9.97 Å². The largest absolute Gasteiger partial charge is 0.353 e. The number of hydrogen-bond donors (Lipinski definition) is 1. The Labute approximate surface area is 168 Å². The van der Waals surface area contributed by atoms with Crippen molar-refractivity contribution in [2.24, 2.45) is 7.05 Å². The van der Waals surface area contributed by atoms with E-state index in [0.29, 0.717) is 17.1 Å². The van der Waals surface area contributed by atoms with Gasteiger partial charge in [0.2, 0.25) is 5.91 Å². The predicted octanol–water partition coefficient (Wildman–Crippen LogP) is 2.17. The molecular formula is C19H22ClN7O. The van der Waals surface area contributed by atoms with Crippen LogP contribution in [-0.4, -0.2) is 63.3 Å². The van der Waals surface area contributed by atoms with E-state index in [1.54, 1.807) is 23.1 Å². The third-order valence-corrected chi connectivity index (χ3v) is 5.31. The Morgan fingerprint density at radius 3 is 2.75 bits per heavy atom. The van der Waals surface area contributed by atoms with Gasteiger partial charge in [-0.15, -0.1) is 0 Å². The molecule has 1 saturated heterocycles. The van der Waals surface area contributed by atoms with Gasteiger partial charge in [0.25, 0.3) is 0 Å². The van der Waals surface area contributed by atoms with Gasteiger partial charge in [-0.3, -0.25) is 14.4 Å². The van der Waals surface area contributed by atoms with Crippen molar-refractivity contribution in [1.82, 2.24) is 24.6 Å². The summed E-state index contributed by atoms with van der Waals surface area (Å²) in [6.07, 6.45) is 3.84. The lowest BCUT2D eigenvalue weighted by atomic mass is 10.2. The van der Waals surface area contributed by atoms with Gasteiger partial charge in [-0.05, 0) is 12.1 Å². The molecule has 3 aromatic rings. The number of hydrogen-bond acceptors (Lipinski definition) is 6. The van der Waals surface area contributed by atoms with Gasteiger partial charge in [-0.2, -0.15) is 5.10 Å².